The molecule has 4 nitrogen and oxygen atoms in total. The Morgan fingerprint density at radius 2 is 2.21 bits per heavy atom. The fourth-order valence-electron chi connectivity index (χ4n) is 1.01. The normalized spacial score (nSPS) is 10.4. The fourth-order valence-corrected chi connectivity index (χ4v) is 1.82. The first-order valence-electron chi connectivity index (χ1n) is 3.88. The van der Waals surface area contributed by atoms with Gasteiger partial charge in [-0.1, -0.05) is 0 Å². The fraction of sp³-hybridized carbons (Fsp3) is 0.125. The van der Waals surface area contributed by atoms with Crippen LogP contribution in [-0.4, -0.2) is 15.0 Å². The van der Waals surface area contributed by atoms with Gasteiger partial charge in [-0.15, -0.1) is 11.3 Å². The summed E-state index contributed by atoms with van der Waals surface area (Å²) in [5.41, 5.74) is 6.64. The molecule has 0 aliphatic carbocycles. The predicted octanol–water partition coefficient (Wildman–Crippen LogP) is 2.10. The van der Waals surface area contributed by atoms with Gasteiger partial charge in [0, 0.05) is 11.6 Å². The van der Waals surface area contributed by atoms with E-state index in [-0.39, 0.29) is 0 Å². The molecule has 2 heterocycles. The molecular formula is C8H7IN4S. The third-order valence-electron chi connectivity index (χ3n) is 1.67. The number of nitrogens with two attached hydrogens (primary N) is 1. The zero-order chi connectivity index (χ0) is 10.1. The molecule has 0 saturated heterocycles. The van der Waals surface area contributed by atoms with Gasteiger partial charge < -0.3 is 5.73 Å². The summed E-state index contributed by atoms with van der Waals surface area (Å²) in [6, 6.07) is 0. The van der Waals surface area contributed by atoms with Crippen LogP contribution in [-0.2, 0) is 0 Å². The van der Waals surface area contributed by atoms with E-state index >= 15 is 0 Å². The lowest BCUT2D eigenvalue weighted by Gasteiger charge is -2.02. The van der Waals surface area contributed by atoms with Gasteiger partial charge in [-0.05, 0) is 29.5 Å². The lowest BCUT2D eigenvalue weighted by atomic mass is 10.4. The van der Waals surface area contributed by atoms with Crippen molar-refractivity contribution in [3.63, 3.8) is 0 Å². The maximum Gasteiger partial charge on any atom is 0.190 e. The number of anilines is 1. The van der Waals surface area contributed by atoms with Crippen LogP contribution in [0.4, 0.5) is 5.82 Å². The van der Waals surface area contributed by atoms with Crippen LogP contribution in [0.15, 0.2) is 11.6 Å². The van der Waals surface area contributed by atoms with Crippen LogP contribution in [0, 0.1) is 10.5 Å². The molecule has 72 valence electrons. The quantitative estimate of drug-likeness (QED) is 0.818. The molecule has 0 unspecified atom stereocenters. The number of nitrogen functional groups attached to an aromatic ring is 1. The van der Waals surface area contributed by atoms with E-state index < -0.39 is 0 Å². The van der Waals surface area contributed by atoms with E-state index in [4.69, 9.17) is 5.73 Å². The van der Waals surface area contributed by atoms with E-state index in [1.807, 2.05) is 12.3 Å². The largest absolute Gasteiger partial charge is 0.383 e. The highest BCUT2D eigenvalue weighted by atomic mass is 127. The SMILES string of the molecule is Cc1nc(-c2nccs2)nc(N)c1I. The molecule has 0 aromatic carbocycles. The summed E-state index contributed by atoms with van der Waals surface area (Å²) in [7, 11) is 0. The Bertz CT molecular complexity index is 431. The predicted molar refractivity (Wildman–Crippen MR) is 65.0 cm³/mol. The topological polar surface area (TPSA) is 64.7 Å². The third-order valence-corrected chi connectivity index (χ3v) is 3.77. The molecule has 0 bridgehead atoms. The zero-order valence-electron chi connectivity index (χ0n) is 7.36. The van der Waals surface area contributed by atoms with Crippen LogP contribution < -0.4 is 5.73 Å². The molecule has 0 aliphatic rings. The highest BCUT2D eigenvalue weighted by molar-refractivity contribution is 14.1. The molecule has 0 aliphatic heterocycles. The summed E-state index contributed by atoms with van der Waals surface area (Å²) in [5.74, 6) is 1.12. The number of rotatable bonds is 1. The second-order valence-electron chi connectivity index (χ2n) is 2.67. The highest BCUT2D eigenvalue weighted by Crippen LogP contribution is 2.22. The van der Waals surface area contributed by atoms with Gasteiger partial charge in [-0.2, -0.15) is 0 Å². The molecule has 2 aromatic rings. The molecule has 2 rings (SSSR count). The monoisotopic (exact) mass is 318 g/mol. The van der Waals surface area contributed by atoms with Crippen LogP contribution in [0.2, 0.25) is 0 Å². The average molecular weight is 318 g/mol. The van der Waals surface area contributed by atoms with Crippen molar-refractivity contribution < 1.29 is 0 Å². The van der Waals surface area contributed by atoms with Gasteiger partial charge in [-0.25, -0.2) is 15.0 Å². The molecule has 0 saturated carbocycles. The van der Waals surface area contributed by atoms with Crippen molar-refractivity contribution in [1.29, 1.82) is 0 Å². The maximum atomic E-state index is 5.75. The number of hydrogen-bond donors (Lipinski definition) is 1. The number of aryl methyl sites for hydroxylation is 1. The minimum absolute atomic E-state index is 0.517. The summed E-state index contributed by atoms with van der Waals surface area (Å²) < 4.78 is 0.905. The van der Waals surface area contributed by atoms with Crippen LogP contribution in [0.3, 0.4) is 0 Å². The summed E-state index contributed by atoms with van der Waals surface area (Å²) >= 11 is 3.64. The van der Waals surface area contributed by atoms with Gasteiger partial charge in [0.25, 0.3) is 0 Å². The molecule has 0 atom stereocenters. The van der Waals surface area contributed by atoms with Crippen molar-refractivity contribution >= 4 is 39.7 Å². The number of nitrogens with zero attached hydrogens (tertiary/aromatic N) is 3. The molecule has 14 heavy (non-hydrogen) atoms. The maximum absolute atomic E-state index is 5.75. The summed E-state index contributed by atoms with van der Waals surface area (Å²) in [6.07, 6.45) is 1.73. The second-order valence-corrected chi connectivity index (χ2v) is 4.64. The number of hydrogen-bond acceptors (Lipinski definition) is 5. The van der Waals surface area contributed by atoms with Crippen molar-refractivity contribution in [2.75, 3.05) is 5.73 Å². The summed E-state index contributed by atoms with van der Waals surface area (Å²) in [4.78, 5) is 12.6. The van der Waals surface area contributed by atoms with Crippen molar-refractivity contribution in [1.82, 2.24) is 15.0 Å². The molecule has 2 N–H and O–H groups in total. The summed E-state index contributed by atoms with van der Waals surface area (Å²) in [6.45, 7) is 1.91. The number of halogens is 1. The van der Waals surface area contributed by atoms with E-state index in [2.05, 4.69) is 37.5 Å². The van der Waals surface area contributed by atoms with Gasteiger partial charge in [-0.3, -0.25) is 0 Å². The van der Waals surface area contributed by atoms with Crippen LogP contribution in [0.25, 0.3) is 10.8 Å². The van der Waals surface area contributed by atoms with E-state index in [1.54, 1.807) is 6.20 Å². The minimum atomic E-state index is 0.517. The van der Waals surface area contributed by atoms with E-state index in [0.29, 0.717) is 11.6 Å². The van der Waals surface area contributed by atoms with Gasteiger partial charge >= 0.3 is 0 Å². The van der Waals surface area contributed by atoms with Gasteiger partial charge in [0.15, 0.2) is 10.8 Å². The Morgan fingerprint density at radius 3 is 2.79 bits per heavy atom. The number of aromatic nitrogens is 3. The van der Waals surface area contributed by atoms with Gasteiger partial charge in [0.1, 0.15) is 5.82 Å². The second kappa shape index (κ2) is 3.77. The Balaban J connectivity index is 2.57. The lowest BCUT2D eigenvalue weighted by Crippen LogP contribution is -2.01. The van der Waals surface area contributed by atoms with Crippen LogP contribution >= 0.6 is 33.9 Å². The van der Waals surface area contributed by atoms with E-state index in [0.717, 1.165) is 14.3 Å². The molecule has 0 amide bonds. The van der Waals surface area contributed by atoms with E-state index in [1.165, 1.54) is 11.3 Å². The molecule has 2 aromatic heterocycles. The molecule has 0 fully saturated rings. The van der Waals surface area contributed by atoms with Gasteiger partial charge in [0.05, 0.1) is 9.26 Å². The summed E-state index contributed by atoms with van der Waals surface area (Å²) in [5, 5.41) is 2.69. The van der Waals surface area contributed by atoms with Gasteiger partial charge in [0.2, 0.25) is 0 Å². The van der Waals surface area contributed by atoms with Crippen molar-refractivity contribution in [3.8, 4) is 10.8 Å². The van der Waals surface area contributed by atoms with Crippen molar-refractivity contribution in [2.24, 2.45) is 0 Å². The van der Waals surface area contributed by atoms with Crippen LogP contribution in [0.5, 0.6) is 0 Å². The Labute approximate surface area is 98.8 Å². The lowest BCUT2D eigenvalue weighted by molar-refractivity contribution is 1.09. The molecule has 6 heteroatoms. The van der Waals surface area contributed by atoms with Crippen LogP contribution in [0.1, 0.15) is 5.69 Å². The number of thiazole rings is 1. The first-order valence-corrected chi connectivity index (χ1v) is 5.84. The smallest absolute Gasteiger partial charge is 0.190 e. The zero-order valence-corrected chi connectivity index (χ0v) is 10.3. The van der Waals surface area contributed by atoms with Crippen molar-refractivity contribution in [2.45, 2.75) is 6.92 Å². The minimum Gasteiger partial charge on any atom is -0.383 e. The van der Waals surface area contributed by atoms with Crippen molar-refractivity contribution in [3.05, 3.63) is 20.8 Å². The standard InChI is InChI=1S/C8H7IN4S/c1-4-5(9)6(10)13-7(12-4)8-11-2-3-14-8/h2-3H,1H3,(H2,10,12,13). The molecule has 0 radical (unpaired) electrons. The Kier molecular flexibility index (Phi) is 2.64. The highest BCUT2D eigenvalue weighted by Gasteiger charge is 2.09. The first kappa shape index (κ1) is 9.78. The first-order chi connectivity index (χ1) is 6.68. The van der Waals surface area contributed by atoms with E-state index in [9.17, 15) is 0 Å². The molecular weight excluding hydrogens is 311 g/mol. The molecule has 0 spiro atoms. The Hall–Kier alpha value is -0.760. The Morgan fingerprint density at radius 1 is 1.43 bits per heavy atom. The third kappa shape index (κ3) is 1.71. The average Bonchev–Trinajstić information content (AvgIpc) is 2.66.